The van der Waals surface area contributed by atoms with Crippen molar-refractivity contribution in [2.75, 3.05) is 11.0 Å². The lowest BCUT2D eigenvalue weighted by molar-refractivity contribution is 0.0950. The third-order valence-electron chi connectivity index (χ3n) is 2.65. The molecule has 0 bridgehead atoms. The summed E-state index contributed by atoms with van der Waals surface area (Å²) in [6.45, 7) is 0.282. The minimum atomic E-state index is -3.32. The van der Waals surface area contributed by atoms with Crippen LogP contribution in [0.3, 0.4) is 0 Å². The molecular formula is C14H14BrN3O3S. The van der Waals surface area contributed by atoms with E-state index in [0.717, 1.165) is 16.3 Å². The van der Waals surface area contributed by atoms with Crippen molar-refractivity contribution < 1.29 is 13.2 Å². The number of halogens is 1. The average Bonchev–Trinajstić information content (AvgIpc) is 2.43. The second-order valence-electron chi connectivity index (χ2n) is 4.65. The summed E-state index contributed by atoms with van der Waals surface area (Å²) in [5, 5.41) is 2.76. The molecule has 0 fully saturated rings. The van der Waals surface area contributed by atoms with Gasteiger partial charge in [-0.05, 0) is 39.7 Å². The maximum Gasteiger partial charge on any atom is 0.253 e. The van der Waals surface area contributed by atoms with Gasteiger partial charge >= 0.3 is 0 Å². The molecule has 6 nitrogen and oxygen atoms in total. The second kappa shape index (κ2) is 6.89. The number of nitrogens with one attached hydrogen (secondary N) is 2. The molecule has 8 heteroatoms. The fraction of sp³-hybridized carbons (Fsp3) is 0.143. The summed E-state index contributed by atoms with van der Waals surface area (Å²) in [6, 6.07) is 8.50. The van der Waals surface area contributed by atoms with E-state index >= 15 is 0 Å². The van der Waals surface area contributed by atoms with Gasteiger partial charge in [0.25, 0.3) is 5.91 Å². The fourth-order valence-electron chi connectivity index (χ4n) is 1.78. The van der Waals surface area contributed by atoms with Crippen LogP contribution in [0.5, 0.6) is 0 Å². The molecule has 0 spiro atoms. The van der Waals surface area contributed by atoms with Crippen LogP contribution in [0.2, 0.25) is 0 Å². The molecule has 0 saturated heterocycles. The molecule has 0 aliphatic carbocycles. The van der Waals surface area contributed by atoms with E-state index in [1.807, 2.05) is 0 Å². The monoisotopic (exact) mass is 383 g/mol. The summed E-state index contributed by atoms with van der Waals surface area (Å²) in [6.07, 6.45) is 4.15. The van der Waals surface area contributed by atoms with Gasteiger partial charge in [0.2, 0.25) is 10.0 Å². The summed E-state index contributed by atoms with van der Waals surface area (Å²) in [5.74, 6) is -0.254. The number of hydrogen-bond donors (Lipinski definition) is 2. The lowest BCUT2D eigenvalue weighted by Crippen LogP contribution is -2.23. The molecule has 0 unspecified atom stereocenters. The molecule has 0 atom stereocenters. The molecule has 22 heavy (non-hydrogen) atoms. The Morgan fingerprint density at radius 3 is 2.73 bits per heavy atom. The van der Waals surface area contributed by atoms with Crippen LogP contribution in [-0.4, -0.2) is 25.6 Å². The molecule has 1 amide bonds. The average molecular weight is 384 g/mol. The number of hydrogen-bond acceptors (Lipinski definition) is 4. The number of nitrogens with zero attached hydrogens (tertiary/aromatic N) is 1. The van der Waals surface area contributed by atoms with Crippen molar-refractivity contribution in [1.82, 2.24) is 10.3 Å². The summed E-state index contributed by atoms with van der Waals surface area (Å²) in [4.78, 5) is 15.9. The van der Waals surface area contributed by atoms with Gasteiger partial charge in [-0.15, -0.1) is 0 Å². The first-order valence-corrected chi connectivity index (χ1v) is 8.97. The third-order valence-corrected chi connectivity index (χ3v) is 3.69. The number of amides is 1. The normalized spacial score (nSPS) is 11.0. The summed E-state index contributed by atoms with van der Waals surface area (Å²) >= 11 is 3.26. The number of aromatic nitrogens is 1. The van der Waals surface area contributed by atoms with Crippen LogP contribution in [0.1, 0.15) is 15.9 Å². The van der Waals surface area contributed by atoms with Crippen LogP contribution in [-0.2, 0) is 16.6 Å². The molecule has 116 valence electrons. The maximum atomic E-state index is 12.0. The third kappa shape index (κ3) is 5.12. The van der Waals surface area contributed by atoms with Crippen LogP contribution >= 0.6 is 15.9 Å². The lowest BCUT2D eigenvalue weighted by atomic mass is 10.2. The van der Waals surface area contributed by atoms with Crippen LogP contribution in [0.25, 0.3) is 0 Å². The topological polar surface area (TPSA) is 88.2 Å². The van der Waals surface area contributed by atoms with Gasteiger partial charge in [0, 0.05) is 29.1 Å². The number of rotatable bonds is 5. The van der Waals surface area contributed by atoms with Crippen molar-refractivity contribution in [2.24, 2.45) is 0 Å². The lowest BCUT2D eigenvalue weighted by Gasteiger charge is -2.08. The number of carbonyl (C=O) groups is 1. The standard InChI is InChI=1S/C14H14BrN3O3S/c1-22(20,21)18-13-4-2-3-10(5-13)7-17-14(19)11-6-12(15)9-16-8-11/h2-6,8-9,18H,7H2,1H3,(H,17,19). The van der Waals surface area contributed by atoms with Crippen LogP contribution < -0.4 is 10.0 Å². The number of anilines is 1. The van der Waals surface area contributed by atoms with Crippen molar-refractivity contribution >= 4 is 37.5 Å². The molecule has 0 aliphatic rings. The first-order valence-electron chi connectivity index (χ1n) is 6.29. The van der Waals surface area contributed by atoms with Crippen LogP contribution in [0.15, 0.2) is 47.2 Å². The SMILES string of the molecule is CS(=O)(=O)Nc1cccc(CNC(=O)c2cncc(Br)c2)c1. The van der Waals surface area contributed by atoms with E-state index in [2.05, 4.69) is 31.0 Å². The van der Waals surface area contributed by atoms with Gasteiger partial charge in [-0.2, -0.15) is 0 Å². The number of pyridine rings is 1. The highest BCUT2D eigenvalue weighted by Crippen LogP contribution is 2.13. The maximum absolute atomic E-state index is 12.0. The van der Waals surface area contributed by atoms with E-state index in [-0.39, 0.29) is 12.5 Å². The minimum absolute atomic E-state index is 0.254. The van der Waals surface area contributed by atoms with Gasteiger partial charge in [-0.1, -0.05) is 12.1 Å². The van der Waals surface area contributed by atoms with Gasteiger partial charge in [0.1, 0.15) is 0 Å². The first kappa shape index (κ1) is 16.4. The second-order valence-corrected chi connectivity index (χ2v) is 7.31. The van der Waals surface area contributed by atoms with Crippen molar-refractivity contribution in [2.45, 2.75) is 6.54 Å². The van der Waals surface area contributed by atoms with Crippen molar-refractivity contribution in [3.63, 3.8) is 0 Å². The van der Waals surface area contributed by atoms with Gasteiger partial charge in [0.15, 0.2) is 0 Å². The molecule has 2 N–H and O–H groups in total. The Bertz CT molecular complexity index is 793. The molecule has 0 radical (unpaired) electrons. The summed E-state index contributed by atoms with van der Waals surface area (Å²) < 4.78 is 25.5. The first-order chi connectivity index (χ1) is 10.3. The highest BCUT2D eigenvalue weighted by molar-refractivity contribution is 9.10. The van der Waals surface area contributed by atoms with E-state index in [9.17, 15) is 13.2 Å². The zero-order chi connectivity index (χ0) is 16.2. The van der Waals surface area contributed by atoms with E-state index in [0.29, 0.717) is 11.3 Å². The Hall–Kier alpha value is -1.93. The number of benzene rings is 1. The smallest absolute Gasteiger partial charge is 0.253 e. The molecule has 0 saturated carbocycles. The Kier molecular flexibility index (Phi) is 5.15. The Balaban J connectivity index is 2.02. The van der Waals surface area contributed by atoms with Gasteiger partial charge in [-0.25, -0.2) is 8.42 Å². The van der Waals surface area contributed by atoms with E-state index in [4.69, 9.17) is 0 Å². The molecule has 1 aromatic heterocycles. The van der Waals surface area contributed by atoms with E-state index < -0.39 is 10.0 Å². The fourth-order valence-corrected chi connectivity index (χ4v) is 2.70. The van der Waals surface area contributed by atoms with Crippen LogP contribution in [0, 0.1) is 0 Å². The Labute approximate surface area is 137 Å². The van der Waals surface area contributed by atoms with Gasteiger partial charge in [-0.3, -0.25) is 14.5 Å². The van der Waals surface area contributed by atoms with Gasteiger partial charge in [0.05, 0.1) is 11.8 Å². The number of carbonyl (C=O) groups excluding carboxylic acids is 1. The highest BCUT2D eigenvalue weighted by Gasteiger charge is 2.07. The molecular weight excluding hydrogens is 370 g/mol. The Morgan fingerprint density at radius 2 is 2.05 bits per heavy atom. The molecule has 0 aliphatic heterocycles. The summed E-state index contributed by atoms with van der Waals surface area (Å²) in [5.41, 5.74) is 1.68. The zero-order valence-electron chi connectivity index (χ0n) is 11.7. The quantitative estimate of drug-likeness (QED) is 0.827. The highest BCUT2D eigenvalue weighted by atomic mass is 79.9. The van der Waals surface area contributed by atoms with Crippen LogP contribution in [0.4, 0.5) is 5.69 Å². The van der Waals surface area contributed by atoms with Gasteiger partial charge < -0.3 is 5.32 Å². The number of sulfonamides is 1. The zero-order valence-corrected chi connectivity index (χ0v) is 14.1. The van der Waals surface area contributed by atoms with E-state index in [1.165, 1.54) is 6.20 Å². The minimum Gasteiger partial charge on any atom is -0.348 e. The molecule has 1 heterocycles. The van der Waals surface area contributed by atoms with Crippen molar-refractivity contribution in [3.05, 3.63) is 58.3 Å². The van der Waals surface area contributed by atoms with E-state index in [1.54, 1.807) is 36.5 Å². The molecule has 2 rings (SSSR count). The Morgan fingerprint density at radius 1 is 1.27 bits per heavy atom. The summed E-state index contributed by atoms with van der Waals surface area (Å²) in [7, 11) is -3.32. The molecule has 1 aromatic carbocycles. The largest absolute Gasteiger partial charge is 0.348 e. The molecule has 2 aromatic rings. The predicted octanol–water partition coefficient (Wildman–Crippen LogP) is 2.15. The predicted molar refractivity (Wildman–Crippen MR) is 88.0 cm³/mol. The van der Waals surface area contributed by atoms with Crippen molar-refractivity contribution in [1.29, 1.82) is 0 Å². The van der Waals surface area contributed by atoms with Crippen molar-refractivity contribution in [3.8, 4) is 0 Å².